The molecule has 0 spiro atoms. The van der Waals surface area contributed by atoms with Gasteiger partial charge in [0.25, 0.3) is 0 Å². The van der Waals surface area contributed by atoms with Crippen molar-refractivity contribution in [2.24, 2.45) is 5.41 Å². The van der Waals surface area contributed by atoms with E-state index in [4.69, 9.17) is 0 Å². The molecule has 1 aromatic rings. The fourth-order valence-corrected chi connectivity index (χ4v) is 2.49. The zero-order chi connectivity index (χ0) is 16.2. The minimum Gasteiger partial charge on any atom is -0.396 e. The summed E-state index contributed by atoms with van der Waals surface area (Å²) in [7, 11) is 0. The fraction of sp³-hybridized carbons (Fsp3) is 0.529. The average Bonchev–Trinajstić information content (AvgIpc) is 3.33. The second-order valence-corrected chi connectivity index (χ2v) is 5.95. The number of aryl methyl sites for hydroxylation is 2. The Kier molecular flexibility index (Phi) is 5.19. The zero-order valence-electron chi connectivity index (χ0n) is 13.2. The van der Waals surface area contributed by atoms with Crippen LogP contribution in [0.2, 0.25) is 0 Å². The van der Waals surface area contributed by atoms with Gasteiger partial charge in [0, 0.05) is 17.6 Å². The molecule has 22 heavy (non-hydrogen) atoms. The molecule has 0 saturated heterocycles. The van der Waals surface area contributed by atoms with Crippen LogP contribution in [0.3, 0.4) is 0 Å². The molecule has 5 heteroatoms. The van der Waals surface area contributed by atoms with Gasteiger partial charge in [-0.1, -0.05) is 32.0 Å². The van der Waals surface area contributed by atoms with Gasteiger partial charge in [0.1, 0.15) is 0 Å². The lowest BCUT2D eigenvalue weighted by atomic mass is 10.0. The molecule has 2 amide bonds. The van der Waals surface area contributed by atoms with Gasteiger partial charge >= 0.3 is 11.8 Å². The number of aliphatic hydroxyl groups excluding tert-OH is 1. The smallest absolute Gasteiger partial charge is 0.313 e. The number of aliphatic hydroxyl groups is 1. The molecular weight excluding hydrogens is 280 g/mol. The topological polar surface area (TPSA) is 78.4 Å². The predicted octanol–water partition coefficient (Wildman–Crippen LogP) is 1.64. The van der Waals surface area contributed by atoms with E-state index < -0.39 is 11.8 Å². The monoisotopic (exact) mass is 304 g/mol. The van der Waals surface area contributed by atoms with Gasteiger partial charge in [-0.25, -0.2) is 0 Å². The second-order valence-electron chi connectivity index (χ2n) is 5.95. The molecule has 0 heterocycles. The predicted molar refractivity (Wildman–Crippen MR) is 85.6 cm³/mol. The average molecular weight is 304 g/mol. The molecule has 1 aliphatic carbocycles. The first kappa shape index (κ1) is 16.5. The second kappa shape index (κ2) is 6.92. The van der Waals surface area contributed by atoms with Crippen molar-refractivity contribution in [1.29, 1.82) is 0 Å². The highest BCUT2D eigenvalue weighted by atomic mass is 16.3. The van der Waals surface area contributed by atoms with Gasteiger partial charge in [0.05, 0.1) is 6.61 Å². The van der Waals surface area contributed by atoms with Crippen LogP contribution in [0.25, 0.3) is 0 Å². The number of rotatable bonds is 6. The fourth-order valence-electron chi connectivity index (χ4n) is 2.49. The summed E-state index contributed by atoms with van der Waals surface area (Å²) in [5.74, 6) is -1.29. The molecule has 3 N–H and O–H groups in total. The molecule has 0 radical (unpaired) electrons. The number of carbonyl (C=O) groups is 2. The molecule has 0 aliphatic heterocycles. The van der Waals surface area contributed by atoms with Crippen molar-refractivity contribution in [3.8, 4) is 0 Å². The van der Waals surface area contributed by atoms with Gasteiger partial charge < -0.3 is 15.7 Å². The number of hydrogen-bond donors (Lipinski definition) is 3. The Morgan fingerprint density at radius 3 is 2.18 bits per heavy atom. The summed E-state index contributed by atoms with van der Waals surface area (Å²) in [4.78, 5) is 24.0. The molecular formula is C17H24N2O3. The van der Waals surface area contributed by atoms with Crippen LogP contribution in [0.1, 0.15) is 37.8 Å². The number of benzene rings is 1. The maximum Gasteiger partial charge on any atom is 0.313 e. The Bertz CT molecular complexity index is 543. The Morgan fingerprint density at radius 2 is 1.73 bits per heavy atom. The summed E-state index contributed by atoms with van der Waals surface area (Å²) < 4.78 is 0. The van der Waals surface area contributed by atoms with E-state index in [1.165, 1.54) is 0 Å². The first-order chi connectivity index (χ1) is 10.5. The highest BCUT2D eigenvalue weighted by Gasteiger charge is 2.42. The zero-order valence-corrected chi connectivity index (χ0v) is 13.2. The van der Waals surface area contributed by atoms with E-state index in [0.717, 1.165) is 42.5 Å². The summed E-state index contributed by atoms with van der Waals surface area (Å²) >= 11 is 0. The van der Waals surface area contributed by atoms with Crippen LogP contribution in [0.15, 0.2) is 18.2 Å². The maximum absolute atomic E-state index is 12.1. The molecule has 0 bridgehead atoms. The van der Waals surface area contributed by atoms with Crippen LogP contribution in [0.5, 0.6) is 0 Å². The van der Waals surface area contributed by atoms with Gasteiger partial charge in [-0.05, 0) is 36.8 Å². The third kappa shape index (κ3) is 3.65. The SMILES string of the molecule is CCc1cccc(CC)c1NC(=O)C(=O)NCC1(CO)CC1. The molecule has 1 aromatic carbocycles. The van der Waals surface area contributed by atoms with Gasteiger partial charge in [-0.15, -0.1) is 0 Å². The Hall–Kier alpha value is -1.88. The number of carbonyl (C=O) groups excluding carboxylic acids is 2. The summed E-state index contributed by atoms with van der Waals surface area (Å²) in [6, 6.07) is 5.88. The van der Waals surface area contributed by atoms with Crippen LogP contribution in [0, 0.1) is 5.41 Å². The lowest BCUT2D eigenvalue weighted by molar-refractivity contribution is -0.136. The third-order valence-electron chi connectivity index (χ3n) is 4.36. The number of nitrogens with one attached hydrogen (secondary N) is 2. The van der Waals surface area contributed by atoms with Gasteiger partial charge in [-0.2, -0.15) is 0 Å². The maximum atomic E-state index is 12.1. The molecule has 1 aliphatic rings. The van der Waals surface area contributed by atoms with Gasteiger partial charge in [0.2, 0.25) is 0 Å². The van der Waals surface area contributed by atoms with Crippen molar-refractivity contribution in [3.05, 3.63) is 29.3 Å². The van der Waals surface area contributed by atoms with Crippen LogP contribution in [0.4, 0.5) is 5.69 Å². The summed E-state index contributed by atoms with van der Waals surface area (Å²) in [5.41, 5.74) is 2.59. The Morgan fingerprint density at radius 1 is 1.14 bits per heavy atom. The molecule has 0 unspecified atom stereocenters. The first-order valence-electron chi connectivity index (χ1n) is 7.86. The molecule has 120 valence electrons. The van der Waals surface area contributed by atoms with E-state index in [1.54, 1.807) is 0 Å². The summed E-state index contributed by atoms with van der Waals surface area (Å²) in [6.07, 6.45) is 3.37. The van der Waals surface area contributed by atoms with Gasteiger partial charge in [0.15, 0.2) is 0 Å². The van der Waals surface area contributed by atoms with Crippen LogP contribution in [-0.2, 0) is 22.4 Å². The molecule has 1 fully saturated rings. The van der Waals surface area contributed by atoms with Crippen molar-refractivity contribution >= 4 is 17.5 Å². The van der Waals surface area contributed by atoms with E-state index in [1.807, 2.05) is 32.0 Å². The number of hydrogen-bond acceptors (Lipinski definition) is 3. The number of anilines is 1. The van der Waals surface area contributed by atoms with E-state index in [9.17, 15) is 14.7 Å². The van der Waals surface area contributed by atoms with Crippen molar-refractivity contribution in [1.82, 2.24) is 5.32 Å². The highest BCUT2D eigenvalue weighted by Crippen LogP contribution is 2.44. The van der Waals surface area contributed by atoms with E-state index in [2.05, 4.69) is 10.6 Å². The normalized spacial score (nSPS) is 15.2. The molecule has 5 nitrogen and oxygen atoms in total. The largest absolute Gasteiger partial charge is 0.396 e. The van der Waals surface area contributed by atoms with Crippen molar-refractivity contribution in [2.75, 3.05) is 18.5 Å². The Labute approximate surface area is 131 Å². The molecule has 1 saturated carbocycles. The standard InChI is InChI=1S/C17H24N2O3/c1-3-12-6-5-7-13(4-2)14(12)19-16(22)15(21)18-10-17(11-20)8-9-17/h5-7,20H,3-4,8-11H2,1-2H3,(H,18,21)(H,19,22). The van der Waals surface area contributed by atoms with Crippen LogP contribution >= 0.6 is 0 Å². The molecule has 0 atom stereocenters. The number of amides is 2. The highest BCUT2D eigenvalue weighted by molar-refractivity contribution is 6.39. The lowest BCUT2D eigenvalue weighted by Gasteiger charge is -2.15. The van der Waals surface area contributed by atoms with E-state index in [0.29, 0.717) is 6.54 Å². The van der Waals surface area contributed by atoms with E-state index in [-0.39, 0.29) is 12.0 Å². The first-order valence-corrected chi connectivity index (χ1v) is 7.86. The lowest BCUT2D eigenvalue weighted by Crippen LogP contribution is -2.39. The van der Waals surface area contributed by atoms with E-state index >= 15 is 0 Å². The molecule has 2 rings (SSSR count). The third-order valence-corrected chi connectivity index (χ3v) is 4.36. The van der Waals surface area contributed by atoms with Crippen LogP contribution < -0.4 is 10.6 Å². The minimum absolute atomic E-state index is 0.0492. The summed E-state index contributed by atoms with van der Waals surface area (Å²) in [6.45, 7) is 4.44. The van der Waals surface area contributed by atoms with Crippen molar-refractivity contribution < 1.29 is 14.7 Å². The summed E-state index contributed by atoms with van der Waals surface area (Å²) in [5, 5.41) is 14.6. The van der Waals surface area contributed by atoms with Crippen LogP contribution in [-0.4, -0.2) is 30.1 Å². The quantitative estimate of drug-likeness (QED) is 0.699. The minimum atomic E-state index is -0.649. The van der Waals surface area contributed by atoms with Crippen molar-refractivity contribution in [2.45, 2.75) is 39.5 Å². The number of para-hydroxylation sites is 1. The van der Waals surface area contributed by atoms with Gasteiger partial charge in [-0.3, -0.25) is 9.59 Å². The molecule has 0 aromatic heterocycles. The van der Waals surface area contributed by atoms with Crippen molar-refractivity contribution in [3.63, 3.8) is 0 Å². The Balaban J connectivity index is 2.00.